The molecule has 8 aliphatic rings. The van der Waals surface area contributed by atoms with Gasteiger partial charge in [0.1, 0.15) is 0 Å². The van der Waals surface area contributed by atoms with Gasteiger partial charge in [0, 0.05) is 16.2 Å². The van der Waals surface area contributed by atoms with E-state index in [1.807, 2.05) is 0 Å². The number of aliphatic hydroxyl groups excluding tert-OH is 1. The Balaban J connectivity index is 0.812. The van der Waals surface area contributed by atoms with E-state index in [9.17, 15) is 5.11 Å². The van der Waals surface area contributed by atoms with Gasteiger partial charge in [-0.1, -0.05) is 20.8 Å². The fourth-order valence-corrected chi connectivity index (χ4v) is 11.9. The Labute approximate surface area is 272 Å². The number of hydrogen-bond donors (Lipinski definition) is 1. The lowest BCUT2D eigenvalue weighted by atomic mass is 9.78. The number of rotatable bonds is 16. The fourth-order valence-electron chi connectivity index (χ4n) is 11.9. The molecule has 13 atom stereocenters. The molecule has 6 saturated carbocycles. The molecule has 2 heterocycles. The highest BCUT2D eigenvalue weighted by Gasteiger charge is 2.60. The summed E-state index contributed by atoms with van der Waals surface area (Å²) >= 11 is 0. The summed E-state index contributed by atoms with van der Waals surface area (Å²) in [4.78, 5) is 0. The highest BCUT2D eigenvalue weighted by atomic mass is 16.5. The molecular formula is C38H62O7. The predicted octanol–water partition coefficient (Wildman–Crippen LogP) is 5.90. The van der Waals surface area contributed by atoms with Gasteiger partial charge in [-0.3, -0.25) is 0 Å². The standard InChI is InChI=1S/C38H62O7/c1-4-36(15-39,20-42-30-9-7-27-29-12-25(34(27)30)14-33(29)45-23-38(6-3)18-41-19-38)21-44-32-13-24-11-28(32)26-8-10-31(35(24)26)43-22-37(5-2)16-40-17-37/h24-35,39H,4-23H2,1-3H3. The van der Waals surface area contributed by atoms with Gasteiger partial charge < -0.3 is 33.5 Å². The van der Waals surface area contributed by atoms with Crippen LogP contribution in [-0.4, -0.2) is 89.0 Å². The summed E-state index contributed by atoms with van der Waals surface area (Å²) in [5.41, 5.74) is 0.242. The summed E-state index contributed by atoms with van der Waals surface area (Å²) < 4.78 is 38.0. The summed E-state index contributed by atoms with van der Waals surface area (Å²) in [7, 11) is 0. The Bertz CT molecular complexity index is 1010. The van der Waals surface area contributed by atoms with Gasteiger partial charge in [-0.25, -0.2) is 0 Å². The summed E-state index contributed by atoms with van der Waals surface area (Å²) in [6.45, 7) is 13.4. The molecule has 0 aromatic rings. The molecule has 6 aliphatic carbocycles. The van der Waals surface area contributed by atoms with Crippen LogP contribution < -0.4 is 0 Å². The maximum Gasteiger partial charge on any atom is 0.0609 e. The second-order valence-electron chi connectivity index (χ2n) is 17.5. The van der Waals surface area contributed by atoms with Crippen molar-refractivity contribution in [1.82, 2.24) is 0 Å². The molecule has 8 fully saturated rings. The first-order valence-electron chi connectivity index (χ1n) is 19.2. The Morgan fingerprint density at radius 2 is 1.07 bits per heavy atom. The minimum Gasteiger partial charge on any atom is -0.396 e. The normalized spacial score (nSPS) is 46.1. The first-order chi connectivity index (χ1) is 21.9. The fraction of sp³-hybridized carbons (Fsp3) is 1.00. The van der Waals surface area contributed by atoms with Gasteiger partial charge in [-0.05, 0) is 118 Å². The molecule has 256 valence electrons. The summed E-state index contributed by atoms with van der Waals surface area (Å²) in [5, 5.41) is 10.7. The average molecular weight is 631 g/mol. The quantitative estimate of drug-likeness (QED) is 0.228. The minimum atomic E-state index is -0.303. The van der Waals surface area contributed by atoms with Crippen molar-refractivity contribution in [2.45, 2.75) is 116 Å². The van der Waals surface area contributed by atoms with Crippen molar-refractivity contribution >= 4 is 0 Å². The van der Waals surface area contributed by atoms with Crippen LogP contribution in [0.3, 0.4) is 0 Å². The zero-order valence-corrected chi connectivity index (χ0v) is 28.5. The molecule has 0 spiro atoms. The molecule has 2 saturated heterocycles. The van der Waals surface area contributed by atoms with Gasteiger partial charge in [-0.2, -0.15) is 0 Å². The zero-order valence-electron chi connectivity index (χ0n) is 28.5. The molecule has 1 N–H and O–H groups in total. The van der Waals surface area contributed by atoms with E-state index in [0.29, 0.717) is 55.4 Å². The summed E-state index contributed by atoms with van der Waals surface area (Å²) in [5.74, 6) is 5.78. The van der Waals surface area contributed by atoms with Crippen LogP contribution in [0.1, 0.15) is 91.4 Å². The van der Waals surface area contributed by atoms with Crippen LogP contribution in [0.25, 0.3) is 0 Å². The van der Waals surface area contributed by atoms with Crippen LogP contribution in [0.4, 0.5) is 0 Å². The van der Waals surface area contributed by atoms with E-state index >= 15 is 0 Å². The van der Waals surface area contributed by atoms with E-state index in [4.69, 9.17) is 28.4 Å². The summed E-state index contributed by atoms with van der Waals surface area (Å²) in [6, 6.07) is 0. The Morgan fingerprint density at radius 3 is 1.51 bits per heavy atom. The van der Waals surface area contributed by atoms with Gasteiger partial charge in [-0.15, -0.1) is 0 Å². The molecule has 7 heteroatoms. The second kappa shape index (κ2) is 12.6. The van der Waals surface area contributed by atoms with Crippen LogP contribution in [0.15, 0.2) is 0 Å². The van der Waals surface area contributed by atoms with Crippen molar-refractivity contribution in [3.8, 4) is 0 Å². The smallest absolute Gasteiger partial charge is 0.0609 e. The Hall–Kier alpha value is -0.280. The molecule has 0 radical (unpaired) electrons. The third-order valence-electron chi connectivity index (χ3n) is 15.4. The van der Waals surface area contributed by atoms with Crippen LogP contribution in [0.2, 0.25) is 0 Å². The molecule has 8 rings (SSSR count). The minimum absolute atomic E-state index is 0.140. The molecular weight excluding hydrogens is 568 g/mol. The molecule has 0 amide bonds. The molecule has 4 bridgehead atoms. The van der Waals surface area contributed by atoms with Crippen LogP contribution in [0, 0.1) is 63.6 Å². The van der Waals surface area contributed by atoms with Crippen molar-refractivity contribution in [1.29, 1.82) is 0 Å². The third kappa shape index (κ3) is 5.49. The number of aliphatic hydroxyl groups is 1. The van der Waals surface area contributed by atoms with E-state index in [2.05, 4.69) is 20.8 Å². The maximum atomic E-state index is 10.7. The zero-order chi connectivity index (χ0) is 30.8. The van der Waals surface area contributed by atoms with Crippen LogP contribution in [0.5, 0.6) is 0 Å². The molecule has 7 nitrogen and oxygen atoms in total. The van der Waals surface area contributed by atoms with Crippen molar-refractivity contribution in [3.05, 3.63) is 0 Å². The van der Waals surface area contributed by atoms with Crippen LogP contribution in [-0.2, 0) is 28.4 Å². The van der Waals surface area contributed by atoms with Gasteiger partial charge >= 0.3 is 0 Å². The number of fused-ring (bicyclic) bond motifs is 10. The van der Waals surface area contributed by atoms with Crippen molar-refractivity contribution in [3.63, 3.8) is 0 Å². The van der Waals surface area contributed by atoms with Gasteiger partial charge in [0.15, 0.2) is 0 Å². The number of ether oxygens (including phenoxy) is 6. The van der Waals surface area contributed by atoms with Gasteiger partial charge in [0.25, 0.3) is 0 Å². The monoisotopic (exact) mass is 630 g/mol. The Morgan fingerprint density at radius 1 is 0.600 bits per heavy atom. The van der Waals surface area contributed by atoms with E-state index in [1.165, 1.54) is 51.4 Å². The lowest BCUT2D eigenvalue weighted by Crippen LogP contribution is -2.47. The molecule has 13 unspecified atom stereocenters. The maximum absolute atomic E-state index is 10.7. The van der Waals surface area contributed by atoms with E-state index in [1.54, 1.807) is 0 Å². The molecule has 0 aromatic heterocycles. The van der Waals surface area contributed by atoms with Crippen molar-refractivity contribution in [2.75, 3.05) is 59.5 Å². The van der Waals surface area contributed by atoms with E-state index < -0.39 is 0 Å². The van der Waals surface area contributed by atoms with Crippen molar-refractivity contribution in [2.24, 2.45) is 63.6 Å². The topological polar surface area (TPSA) is 75.6 Å². The van der Waals surface area contributed by atoms with Crippen molar-refractivity contribution < 1.29 is 33.5 Å². The summed E-state index contributed by atoms with van der Waals surface area (Å²) in [6.07, 6.45) is 14.7. The lowest BCUT2D eigenvalue weighted by molar-refractivity contribution is -0.169. The molecule has 2 aliphatic heterocycles. The second-order valence-corrected chi connectivity index (χ2v) is 17.5. The van der Waals surface area contributed by atoms with E-state index in [0.717, 1.165) is 88.5 Å². The average Bonchev–Trinajstić information content (AvgIpc) is 3.86. The first-order valence-corrected chi connectivity index (χ1v) is 19.2. The van der Waals surface area contributed by atoms with Crippen LogP contribution >= 0.6 is 0 Å². The highest BCUT2D eigenvalue weighted by Crippen LogP contribution is 2.62. The number of hydrogen-bond acceptors (Lipinski definition) is 7. The van der Waals surface area contributed by atoms with E-state index in [-0.39, 0.29) is 22.9 Å². The third-order valence-corrected chi connectivity index (χ3v) is 15.4. The SMILES string of the molecule is CCC1(COC2CC3CC2C2CCC(OCC(CC)(CO)COC4CC5CC4C4CCC(OCC6(CC)COC6)C54)C32)COC1. The molecule has 45 heavy (non-hydrogen) atoms. The molecule has 0 aromatic carbocycles. The Kier molecular flexibility index (Phi) is 8.92. The first kappa shape index (κ1) is 32.0. The largest absolute Gasteiger partial charge is 0.396 e. The predicted molar refractivity (Wildman–Crippen MR) is 171 cm³/mol. The van der Waals surface area contributed by atoms with Gasteiger partial charge in [0.2, 0.25) is 0 Å². The lowest BCUT2D eigenvalue weighted by Gasteiger charge is -2.42. The van der Waals surface area contributed by atoms with Gasteiger partial charge in [0.05, 0.1) is 83.9 Å². The highest BCUT2D eigenvalue weighted by molar-refractivity contribution is 5.09.